The Morgan fingerprint density at radius 3 is 2.56 bits per heavy atom. The lowest BCUT2D eigenvalue weighted by Gasteiger charge is -2.28. The minimum absolute atomic E-state index is 0.0672. The molecule has 5 heteroatoms. The fourth-order valence-corrected chi connectivity index (χ4v) is 3.37. The highest BCUT2D eigenvalue weighted by Crippen LogP contribution is 2.20. The Balaban J connectivity index is 1.40. The van der Waals surface area contributed by atoms with Crippen LogP contribution < -0.4 is 5.32 Å². The van der Waals surface area contributed by atoms with E-state index in [1.807, 2.05) is 35.2 Å². The quantitative estimate of drug-likeness (QED) is 0.774. The van der Waals surface area contributed by atoms with E-state index in [0.717, 1.165) is 6.42 Å². The summed E-state index contributed by atoms with van der Waals surface area (Å²) < 4.78 is 0. The maximum Gasteiger partial charge on any atom is 0.274 e. The van der Waals surface area contributed by atoms with Crippen molar-refractivity contribution in [3.05, 3.63) is 88.6 Å². The molecule has 0 spiro atoms. The zero-order chi connectivity index (χ0) is 18.6. The van der Waals surface area contributed by atoms with Crippen LogP contribution in [0.5, 0.6) is 0 Å². The molecule has 1 aliphatic rings. The van der Waals surface area contributed by atoms with E-state index < -0.39 is 0 Å². The van der Waals surface area contributed by atoms with E-state index in [4.69, 9.17) is 0 Å². The van der Waals surface area contributed by atoms with Gasteiger partial charge in [0.1, 0.15) is 5.82 Å². The molecule has 0 aliphatic carbocycles. The number of hydrogen-bond donors (Lipinski definition) is 1. The highest BCUT2D eigenvalue weighted by molar-refractivity contribution is 5.92. The van der Waals surface area contributed by atoms with E-state index in [2.05, 4.69) is 46.7 Å². The summed E-state index contributed by atoms with van der Waals surface area (Å²) in [5.41, 5.74) is 5.36. The van der Waals surface area contributed by atoms with Crippen LogP contribution in [0.15, 0.2) is 60.7 Å². The fourth-order valence-electron chi connectivity index (χ4n) is 3.37. The van der Waals surface area contributed by atoms with Crippen molar-refractivity contribution in [1.29, 1.82) is 0 Å². The molecular formula is C22H22N4O. The number of carbonyl (C=O) groups is 1. The Morgan fingerprint density at radius 1 is 1.00 bits per heavy atom. The van der Waals surface area contributed by atoms with Gasteiger partial charge < -0.3 is 10.2 Å². The Hall–Kier alpha value is -3.21. The highest BCUT2D eigenvalue weighted by Gasteiger charge is 2.22. The normalized spacial score (nSPS) is 13.1. The molecule has 0 saturated carbocycles. The lowest BCUT2D eigenvalue weighted by Crippen LogP contribution is -2.36. The molecule has 0 unspecified atom stereocenters. The van der Waals surface area contributed by atoms with Crippen LogP contribution in [0, 0.1) is 6.92 Å². The summed E-state index contributed by atoms with van der Waals surface area (Å²) in [6.07, 6.45) is 0.880. The molecule has 5 nitrogen and oxygen atoms in total. The molecule has 0 saturated heterocycles. The van der Waals surface area contributed by atoms with E-state index in [0.29, 0.717) is 31.1 Å². The van der Waals surface area contributed by atoms with E-state index in [1.165, 1.54) is 22.3 Å². The van der Waals surface area contributed by atoms with Crippen LogP contribution in [0.2, 0.25) is 0 Å². The summed E-state index contributed by atoms with van der Waals surface area (Å²) in [5.74, 6) is 0.598. The number of rotatable bonds is 4. The smallest absolute Gasteiger partial charge is 0.274 e. The van der Waals surface area contributed by atoms with Gasteiger partial charge in [0.2, 0.25) is 0 Å². The van der Waals surface area contributed by atoms with Gasteiger partial charge in [-0.15, -0.1) is 10.2 Å². The number of fused-ring (bicyclic) bond motifs is 1. The monoisotopic (exact) mass is 358 g/mol. The molecule has 136 valence electrons. The van der Waals surface area contributed by atoms with Crippen LogP contribution in [0.3, 0.4) is 0 Å². The lowest BCUT2D eigenvalue weighted by atomic mass is 10.00. The second-order valence-electron chi connectivity index (χ2n) is 6.83. The first-order valence-electron chi connectivity index (χ1n) is 9.19. The summed E-state index contributed by atoms with van der Waals surface area (Å²) in [5, 5.41) is 11.6. The summed E-state index contributed by atoms with van der Waals surface area (Å²) in [7, 11) is 0. The van der Waals surface area contributed by atoms with Crippen molar-refractivity contribution in [1.82, 2.24) is 15.1 Å². The van der Waals surface area contributed by atoms with Gasteiger partial charge in [0, 0.05) is 19.6 Å². The number of carbonyl (C=O) groups excluding carboxylic acids is 1. The van der Waals surface area contributed by atoms with E-state index in [-0.39, 0.29) is 5.91 Å². The molecule has 1 aliphatic heterocycles. The predicted octanol–water partition coefficient (Wildman–Crippen LogP) is 3.60. The summed E-state index contributed by atoms with van der Waals surface area (Å²) in [6.45, 7) is 4.10. The zero-order valence-electron chi connectivity index (χ0n) is 15.4. The first kappa shape index (κ1) is 17.2. The minimum Gasteiger partial charge on any atom is -0.364 e. The Kier molecular flexibility index (Phi) is 4.83. The molecule has 0 radical (unpaired) electrons. The standard InChI is InChI=1S/C22H22N4O/c1-16-6-2-3-8-18(16)14-23-21-11-10-20(24-25-21)22(27)26-13-12-17-7-4-5-9-19(17)15-26/h2-11H,12-15H2,1H3,(H,23,25). The van der Waals surface area contributed by atoms with Gasteiger partial charge >= 0.3 is 0 Å². The van der Waals surface area contributed by atoms with Gasteiger partial charge in [0.25, 0.3) is 5.91 Å². The average Bonchev–Trinajstić information content (AvgIpc) is 2.73. The number of nitrogens with zero attached hydrogens (tertiary/aromatic N) is 3. The second kappa shape index (κ2) is 7.58. The maximum atomic E-state index is 12.7. The molecule has 4 rings (SSSR count). The Morgan fingerprint density at radius 2 is 1.78 bits per heavy atom. The number of anilines is 1. The van der Waals surface area contributed by atoms with Crippen molar-refractivity contribution in [2.45, 2.75) is 26.4 Å². The van der Waals surface area contributed by atoms with Crippen LogP contribution >= 0.6 is 0 Å². The summed E-state index contributed by atoms with van der Waals surface area (Å²) in [4.78, 5) is 14.6. The van der Waals surface area contributed by atoms with Crippen LogP contribution in [0.1, 0.15) is 32.7 Å². The van der Waals surface area contributed by atoms with Gasteiger partial charge in [-0.05, 0) is 47.7 Å². The summed E-state index contributed by atoms with van der Waals surface area (Å²) in [6, 6.07) is 20.1. The third-order valence-electron chi connectivity index (χ3n) is 5.02. The van der Waals surface area contributed by atoms with Gasteiger partial charge in [-0.25, -0.2) is 0 Å². The number of benzene rings is 2. The molecule has 1 aromatic heterocycles. The van der Waals surface area contributed by atoms with E-state index >= 15 is 0 Å². The third kappa shape index (κ3) is 3.82. The fraction of sp³-hybridized carbons (Fsp3) is 0.227. The van der Waals surface area contributed by atoms with Gasteiger partial charge in [0.15, 0.2) is 5.69 Å². The maximum absolute atomic E-state index is 12.7. The second-order valence-corrected chi connectivity index (χ2v) is 6.83. The third-order valence-corrected chi connectivity index (χ3v) is 5.02. The van der Waals surface area contributed by atoms with Crippen molar-refractivity contribution in [2.75, 3.05) is 11.9 Å². The highest BCUT2D eigenvalue weighted by atomic mass is 16.2. The number of amides is 1. The minimum atomic E-state index is -0.0672. The number of nitrogens with one attached hydrogen (secondary N) is 1. The number of hydrogen-bond acceptors (Lipinski definition) is 4. The topological polar surface area (TPSA) is 58.1 Å². The molecule has 0 bridgehead atoms. The number of aryl methyl sites for hydroxylation is 1. The van der Waals surface area contributed by atoms with Crippen molar-refractivity contribution in [3.63, 3.8) is 0 Å². The van der Waals surface area contributed by atoms with Crippen LogP contribution in [0.25, 0.3) is 0 Å². The molecule has 1 amide bonds. The molecule has 3 aromatic rings. The largest absolute Gasteiger partial charge is 0.364 e. The average molecular weight is 358 g/mol. The Labute approximate surface area is 159 Å². The molecular weight excluding hydrogens is 336 g/mol. The SMILES string of the molecule is Cc1ccccc1CNc1ccc(C(=O)N2CCc3ccccc3C2)nn1. The first-order chi connectivity index (χ1) is 13.2. The van der Waals surface area contributed by atoms with Crippen LogP contribution in [-0.2, 0) is 19.5 Å². The zero-order valence-corrected chi connectivity index (χ0v) is 15.4. The van der Waals surface area contributed by atoms with Crippen LogP contribution in [-0.4, -0.2) is 27.5 Å². The molecule has 2 heterocycles. The van der Waals surface area contributed by atoms with Crippen LogP contribution in [0.4, 0.5) is 5.82 Å². The van der Waals surface area contributed by atoms with Crippen molar-refractivity contribution < 1.29 is 4.79 Å². The molecule has 0 fully saturated rings. The van der Waals surface area contributed by atoms with Gasteiger partial charge in [-0.3, -0.25) is 4.79 Å². The number of aromatic nitrogens is 2. The first-order valence-corrected chi connectivity index (χ1v) is 9.19. The van der Waals surface area contributed by atoms with Crippen molar-refractivity contribution >= 4 is 11.7 Å². The van der Waals surface area contributed by atoms with E-state index in [9.17, 15) is 4.79 Å². The van der Waals surface area contributed by atoms with Gasteiger partial charge in [0.05, 0.1) is 0 Å². The Bertz CT molecular complexity index is 953. The molecule has 2 aromatic carbocycles. The lowest BCUT2D eigenvalue weighted by molar-refractivity contribution is 0.0727. The molecule has 0 atom stereocenters. The molecule has 27 heavy (non-hydrogen) atoms. The predicted molar refractivity (Wildman–Crippen MR) is 105 cm³/mol. The van der Waals surface area contributed by atoms with E-state index in [1.54, 1.807) is 6.07 Å². The van der Waals surface area contributed by atoms with Crippen molar-refractivity contribution in [3.8, 4) is 0 Å². The summed E-state index contributed by atoms with van der Waals surface area (Å²) >= 11 is 0. The van der Waals surface area contributed by atoms with Crippen molar-refractivity contribution in [2.24, 2.45) is 0 Å². The molecule has 1 N–H and O–H groups in total. The van der Waals surface area contributed by atoms with Gasteiger partial charge in [-0.1, -0.05) is 48.5 Å². The van der Waals surface area contributed by atoms with Gasteiger partial charge in [-0.2, -0.15) is 0 Å².